The fraction of sp³-hybridized carbons (Fsp3) is 0.917. The molecule has 1 aliphatic carbocycles. The van der Waals surface area contributed by atoms with Crippen molar-refractivity contribution in [3.05, 3.63) is 0 Å². The first-order valence-corrected chi connectivity index (χ1v) is 6.07. The maximum atomic E-state index is 11.6. The molecule has 0 saturated heterocycles. The third-order valence-electron chi connectivity index (χ3n) is 2.95. The van der Waals surface area contributed by atoms with Crippen LogP contribution < -0.4 is 10.6 Å². The Bertz CT molecular complexity index is 223. The lowest BCUT2D eigenvalue weighted by Crippen LogP contribution is -2.49. The van der Waals surface area contributed by atoms with Gasteiger partial charge in [0.05, 0.1) is 13.2 Å². The Morgan fingerprint density at radius 2 is 2.00 bits per heavy atom. The standard InChI is InChI=1S/C12H24N2O2/c1-12(2,9-16-3)13-8-11(15)14-10-6-4-5-7-10/h10,13H,4-9H2,1-3H3,(H,14,15). The van der Waals surface area contributed by atoms with Crippen molar-refractivity contribution in [2.45, 2.75) is 51.1 Å². The summed E-state index contributed by atoms with van der Waals surface area (Å²) in [6, 6.07) is 0.403. The fourth-order valence-electron chi connectivity index (χ4n) is 2.08. The van der Waals surface area contributed by atoms with Gasteiger partial charge in [0.25, 0.3) is 0 Å². The molecule has 4 nitrogen and oxygen atoms in total. The average Bonchev–Trinajstić information content (AvgIpc) is 2.68. The first-order chi connectivity index (χ1) is 7.53. The summed E-state index contributed by atoms with van der Waals surface area (Å²) < 4.78 is 5.08. The smallest absolute Gasteiger partial charge is 0.234 e. The monoisotopic (exact) mass is 228 g/mol. The molecule has 0 spiro atoms. The Morgan fingerprint density at radius 3 is 2.56 bits per heavy atom. The number of nitrogens with one attached hydrogen (secondary N) is 2. The summed E-state index contributed by atoms with van der Waals surface area (Å²) in [5, 5.41) is 6.25. The van der Waals surface area contributed by atoms with Crippen LogP contribution in [0.15, 0.2) is 0 Å². The van der Waals surface area contributed by atoms with Gasteiger partial charge in [-0.15, -0.1) is 0 Å². The van der Waals surface area contributed by atoms with Gasteiger partial charge in [-0.25, -0.2) is 0 Å². The minimum absolute atomic E-state index is 0.0936. The molecule has 4 heteroatoms. The van der Waals surface area contributed by atoms with Crippen LogP contribution in [-0.4, -0.2) is 37.7 Å². The summed E-state index contributed by atoms with van der Waals surface area (Å²) in [5.41, 5.74) is -0.151. The first kappa shape index (κ1) is 13.5. The average molecular weight is 228 g/mol. The Balaban J connectivity index is 2.18. The van der Waals surface area contributed by atoms with Gasteiger partial charge < -0.3 is 15.4 Å². The van der Waals surface area contributed by atoms with E-state index in [1.807, 2.05) is 13.8 Å². The van der Waals surface area contributed by atoms with Crippen molar-refractivity contribution in [2.24, 2.45) is 0 Å². The van der Waals surface area contributed by atoms with E-state index in [0.29, 0.717) is 19.2 Å². The molecule has 0 unspecified atom stereocenters. The number of rotatable bonds is 6. The largest absolute Gasteiger partial charge is 0.383 e. The fourth-order valence-corrected chi connectivity index (χ4v) is 2.08. The predicted molar refractivity (Wildman–Crippen MR) is 64.4 cm³/mol. The summed E-state index contributed by atoms with van der Waals surface area (Å²) in [4.78, 5) is 11.6. The van der Waals surface area contributed by atoms with Crippen molar-refractivity contribution < 1.29 is 9.53 Å². The lowest BCUT2D eigenvalue weighted by atomic mass is 10.1. The highest BCUT2D eigenvalue weighted by Crippen LogP contribution is 2.17. The number of carbonyl (C=O) groups excluding carboxylic acids is 1. The van der Waals surface area contributed by atoms with Crippen LogP contribution in [0.1, 0.15) is 39.5 Å². The highest BCUT2D eigenvalue weighted by atomic mass is 16.5. The molecule has 0 heterocycles. The van der Waals surface area contributed by atoms with Crippen LogP contribution in [0.3, 0.4) is 0 Å². The summed E-state index contributed by atoms with van der Waals surface area (Å²) >= 11 is 0. The minimum Gasteiger partial charge on any atom is -0.383 e. The summed E-state index contributed by atoms with van der Waals surface area (Å²) in [5.74, 6) is 0.0936. The van der Waals surface area contributed by atoms with E-state index in [2.05, 4.69) is 10.6 Å². The topological polar surface area (TPSA) is 50.4 Å². The number of carbonyl (C=O) groups is 1. The van der Waals surface area contributed by atoms with Gasteiger partial charge in [0.15, 0.2) is 0 Å². The van der Waals surface area contributed by atoms with Gasteiger partial charge in [-0.2, -0.15) is 0 Å². The predicted octanol–water partition coefficient (Wildman–Crippen LogP) is 1.06. The zero-order valence-corrected chi connectivity index (χ0v) is 10.6. The van der Waals surface area contributed by atoms with E-state index in [9.17, 15) is 4.79 Å². The number of hydrogen-bond acceptors (Lipinski definition) is 3. The molecule has 0 aromatic rings. The van der Waals surface area contributed by atoms with Crippen LogP contribution in [0, 0.1) is 0 Å². The van der Waals surface area contributed by atoms with Crippen LogP contribution in [-0.2, 0) is 9.53 Å². The molecular weight excluding hydrogens is 204 g/mol. The molecule has 0 aliphatic heterocycles. The third kappa shape index (κ3) is 4.94. The van der Waals surface area contributed by atoms with Gasteiger partial charge in [0, 0.05) is 18.7 Å². The molecule has 0 atom stereocenters. The summed E-state index contributed by atoms with van der Waals surface area (Å²) in [6.45, 7) is 5.02. The normalized spacial score (nSPS) is 17.7. The number of ether oxygens (including phenoxy) is 1. The molecule has 94 valence electrons. The second-order valence-corrected chi connectivity index (χ2v) is 5.22. The molecule has 0 radical (unpaired) electrons. The quantitative estimate of drug-likeness (QED) is 0.714. The molecule has 0 aromatic heterocycles. The SMILES string of the molecule is COCC(C)(C)NCC(=O)NC1CCCC1. The molecule has 16 heavy (non-hydrogen) atoms. The molecule has 1 aliphatic rings. The van der Waals surface area contributed by atoms with E-state index < -0.39 is 0 Å². The van der Waals surface area contributed by atoms with E-state index in [0.717, 1.165) is 12.8 Å². The zero-order chi connectivity index (χ0) is 12.0. The molecule has 0 aromatic carbocycles. The lowest BCUT2D eigenvalue weighted by Gasteiger charge is -2.25. The maximum Gasteiger partial charge on any atom is 0.234 e. The highest BCUT2D eigenvalue weighted by molar-refractivity contribution is 5.78. The van der Waals surface area contributed by atoms with Crippen LogP contribution in [0.25, 0.3) is 0 Å². The van der Waals surface area contributed by atoms with Crippen molar-refractivity contribution in [2.75, 3.05) is 20.3 Å². The van der Waals surface area contributed by atoms with Crippen LogP contribution in [0.5, 0.6) is 0 Å². The lowest BCUT2D eigenvalue weighted by molar-refractivity contribution is -0.121. The first-order valence-electron chi connectivity index (χ1n) is 6.07. The maximum absolute atomic E-state index is 11.6. The molecule has 0 bridgehead atoms. The van der Waals surface area contributed by atoms with Gasteiger partial charge >= 0.3 is 0 Å². The molecular formula is C12H24N2O2. The van der Waals surface area contributed by atoms with Crippen molar-refractivity contribution >= 4 is 5.91 Å². The van der Waals surface area contributed by atoms with Crippen molar-refractivity contribution in [1.82, 2.24) is 10.6 Å². The Morgan fingerprint density at radius 1 is 1.38 bits per heavy atom. The van der Waals surface area contributed by atoms with Crippen molar-refractivity contribution in [1.29, 1.82) is 0 Å². The third-order valence-corrected chi connectivity index (χ3v) is 2.95. The van der Waals surface area contributed by atoms with Gasteiger partial charge in [-0.3, -0.25) is 4.79 Å². The van der Waals surface area contributed by atoms with Crippen LogP contribution in [0.2, 0.25) is 0 Å². The number of amides is 1. The van der Waals surface area contributed by atoms with E-state index in [-0.39, 0.29) is 11.4 Å². The second kappa shape index (κ2) is 6.21. The van der Waals surface area contributed by atoms with Gasteiger partial charge in [-0.05, 0) is 26.7 Å². The van der Waals surface area contributed by atoms with Gasteiger partial charge in [0.1, 0.15) is 0 Å². The zero-order valence-electron chi connectivity index (χ0n) is 10.6. The van der Waals surface area contributed by atoms with Crippen LogP contribution in [0.4, 0.5) is 0 Å². The van der Waals surface area contributed by atoms with E-state index in [1.54, 1.807) is 7.11 Å². The summed E-state index contributed by atoms with van der Waals surface area (Å²) in [7, 11) is 1.67. The van der Waals surface area contributed by atoms with Gasteiger partial charge in [-0.1, -0.05) is 12.8 Å². The Kier molecular flexibility index (Phi) is 5.22. The molecule has 1 saturated carbocycles. The minimum atomic E-state index is -0.151. The Labute approximate surface area is 98.1 Å². The van der Waals surface area contributed by atoms with E-state index in [1.165, 1.54) is 12.8 Å². The van der Waals surface area contributed by atoms with Crippen LogP contribution >= 0.6 is 0 Å². The Hall–Kier alpha value is -0.610. The van der Waals surface area contributed by atoms with Crippen molar-refractivity contribution in [3.8, 4) is 0 Å². The molecule has 2 N–H and O–H groups in total. The van der Waals surface area contributed by atoms with Gasteiger partial charge in [0.2, 0.25) is 5.91 Å². The highest BCUT2D eigenvalue weighted by Gasteiger charge is 2.20. The summed E-state index contributed by atoms with van der Waals surface area (Å²) in [6.07, 6.45) is 4.75. The van der Waals surface area contributed by atoms with E-state index >= 15 is 0 Å². The molecule has 1 rings (SSSR count). The number of hydrogen-bond donors (Lipinski definition) is 2. The van der Waals surface area contributed by atoms with E-state index in [4.69, 9.17) is 4.74 Å². The number of methoxy groups -OCH3 is 1. The molecule has 1 amide bonds. The second-order valence-electron chi connectivity index (χ2n) is 5.22. The van der Waals surface area contributed by atoms with Crippen molar-refractivity contribution in [3.63, 3.8) is 0 Å². The molecule has 1 fully saturated rings.